The molecule has 0 bridgehead atoms. The Hall–Kier alpha value is -0.120. The van der Waals surface area contributed by atoms with E-state index in [0.717, 1.165) is 19.4 Å². The lowest BCUT2D eigenvalue weighted by molar-refractivity contribution is 0.0876. The molecule has 0 atom stereocenters. The topological polar surface area (TPSA) is 52.5 Å². The minimum Gasteiger partial charge on any atom is -0.394 e. The van der Waals surface area contributed by atoms with Crippen molar-refractivity contribution in [3.8, 4) is 0 Å². The van der Waals surface area contributed by atoms with Crippen molar-refractivity contribution < 1.29 is 10.2 Å². The van der Waals surface area contributed by atoms with Crippen LogP contribution in [0.4, 0.5) is 0 Å². The molecule has 0 aromatic heterocycles. The van der Waals surface area contributed by atoms with Crippen LogP contribution in [-0.2, 0) is 0 Å². The number of rotatable bonds is 15. The van der Waals surface area contributed by atoms with Crippen LogP contribution in [0.3, 0.4) is 0 Å². The van der Waals surface area contributed by atoms with Gasteiger partial charge < -0.3 is 15.5 Å². The summed E-state index contributed by atoms with van der Waals surface area (Å²) in [7, 11) is 0. The third-order valence-electron chi connectivity index (χ3n) is 4.31. The zero-order valence-electron chi connectivity index (χ0n) is 13.8. The molecule has 0 aliphatic heterocycles. The van der Waals surface area contributed by atoms with Gasteiger partial charge in [-0.05, 0) is 19.4 Å². The first-order valence-electron chi connectivity index (χ1n) is 8.71. The van der Waals surface area contributed by atoms with E-state index < -0.39 is 5.54 Å². The Morgan fingerprint density at radius 2 is 1.15 bits per heavy atom. The minimum absolute atomic E-state index is 0.0117. The van der Waals surface area contributed by atoms with Gasteiger partial charge >= 0.3 is 0 Å². The molecular weight excluding hydrogens is 250 g/mol. The molecule has 20 heavy (non-hydrogen) atoms. The van der Waals surface area contributed by atoms with Crippen LogP contribution in [0.25, 0.3) is 0 Å². The number of hydrogen-bond donors (Lipinski definition) is 3. The number of hydrogen-bond acceptors (Lipinski definition) is 3. The van der Waals surface area contributed by atoms with E-state index in [9.17, 15) is 10.2 Å². The van der Waals surface area contributed by atoms with E-state index in [4.69, 9.17) is 0 Å². The first kappa shape index (κ1) is 19.9. The number of aliphatic hydroxyl groups is 2. The van der Waals surface area contributed by atoms with Crippen LogP contribution < -0.4 is 5.32 Å². The predicted molar refractivity (Wildman–Crippen MR) is 87.0 cm³/mol. The molecule has 3 nitrogen and oxygen atoms in total. The fraction of sp³-hybridized carbons (Fsp3) is 1.00. The molecule has 0 aliphatic rings. The van der Waals surface area contributed by atoms with E-state index in [1.54, 1.807) is 0 Å². The molecule has 0 saturated carbocycles. The normalized spacial score (nSPS) is 12.0. The lowest BCUT2D eigenvalue weighted by atomic mass is 9.98. The highest BCUT2D eigenvalue weighted by Gasteiger charge is 2.24. The number of unbranched alkanes of at least 4 members (excludes halogenated alkanes) is 9. The van der Waals surface area contributed by atoms with Gasteiger partial charge in [-0.25, -0.2) is 0 Å². The molecule has 0 aromatic carbocycles. The fourth-order valence-electron chi connectivity index (χ4n) is 2.48. The Balaban J connectivity index is 3.32. The lowest BCUT2D eigenvalue weighted by Crippen LogP contribution is -2.51. The zero-order valence-corrected chi connectivity index (χ0v) is 13.8. The monoisotopic (exact) mass is 287 g/mol. The summed E-state index contributed by atoms with van der Waals surface area (Å²) in [6, 6.07) is 0. The highest BCUT2D eigenvalue weighted by atomic mass is 16.3. The van der Waals surface area contributed by atoms with E-state index in [-0.39, 0.29) is 13.2 Å². The molecule has 3 N–H and O–H groups in total. The van der Waals surface area contributed by atoms with Crippen LogP contribution in [0.1, 0.15) is 84.5 Å². The molecule has 0 spiro atoms. The van der Waals surface area contributed by atoms with Gasteiger partial charge in [0.25, 0.3) is 0 Å². The van der Waals surface area contributed by atoms with Crippen molar-refractivity contribution in [3.63, 3.8) is 0 Å². The van der Waals surface area contributed by atoms with Crippen molar-refractivity contribution in [3.05, 3.63) is 0 Å². The molecule has 3 heteroatoms. The Morgan fingerprint density at radius 3 is 1.55 bits per heavy atom. The maximum Gasteiger partial charge on any atom is 0.0645 e. The predicted octanol–water partition coefficient (Wildman–Crippen LogP) is 3.63. The Bertz CT molecular complexity index is 185. The van der Waals surface area contributed by atoms with Crippen LogP contribution in [-0.4, -0.2) is 35.5 Å². The molecule has 0 heterocycles. The SMILES string of the molecule is CCCCCCCCCCCCNC(CC)(CO)CO. The summed E-state index contributed by atoms with van der Waals surface area (Å²) in [6.45, 7) is 5.17. The number of nitrogens with one attached hydrogen (secondary N) is 1. The zero-order chi connectivity index (χ0) is 15.1. The van der Waals surface area contributed by atoms with E-state index >= 15 is 0 Å². The molecule has 0 radical (unpaired) electrons. The van der Waals surface area contributed by atoms with E-state index in [1.807, 2.05) is 6.92 Å². The van der Waals surface area contributed by atoms with Crippen LogP contribution in [0.5, 0.6) is 0 Å². The van der Waals surface area contributed by atoms with E-state index in [0.29, 0.717) is 0 Å². The van der Waals surface area contributed by atoms with Crippen molar-refractivity contribution in [1.29, 1.82) is 0 Å². The van der Waals surface area contributed by atoms with E-state index in [2.05, 4.69) is 12.2 Å². The quantitative estimate of drug-likeness (QED) is 0.403. The van der Waals surface area contributed by atoms with Gasteiger partial charge in [-0.15, -0.1) is 0 Å². The molecule has 0 fully saturated rings. The van der Waals surface area contributed by atoms with Gasteiger partial charge in [0.05, 0.1) is 18.8 Å². The molecule has 0 amide bonds. The molecule has 0 rings (SSSR count). The Labute approximate surface area is 126 Å². The smallest absolute Gasteiger partial charge is 0.0645 e. The molecular formula is C17H37NO2. The average molecular weight is 287 g/mol. The maximum atomic E-state index is 9.32. The summed E-state index contributed by atoms with van der Waals surface area (Å²) >= 11 is 0. The van der Waals surface area contributed by atoms with E-state index in [1.165, 1.54) is 57.8 Å². The molecule has 0 aliphatic carbocycles. The second-order valence-corrected chi connectivity index (χ2v) is 6.06. The van der Waals surface area contributed by atoms with Crippen molar-refractivity contribution >= 4 is 0 Å². The average Bonchev–Trinajstić information content (AvgIpc) is 2.49. The van der Waals surface area contributed by atoms with Gasteiger partial charge in [-0.3, -0.25) is 0 Å². The summed E-state index contributed by atoms with van der Waals surface area (Å²) in [5.74, 6) is 0. The van der Waals surface area contributed by atoms with Gasteiger partial charge in [-0.1, -0.05) is 71.6 Å². The summed E-state index contributed by atoms with van der Waals surface area (Å²) in [4.78, 5) is 0. The van der Waals surface area contributed by atoms with Gasteiger partial charge in [0.2, 0.25) is 0 Å². The first-order valence-corrected chi connectivity index (χ1v) is 8.71. The molecule has 122 valence electrons. The third-order valence-corrected chi connectivity index (χ3v) is 4.31. The summed E-state index contributed by atoms with van der Waals surface area (Å²) in [5.41, 5.74) is -0.473. The van der Waals surface area contributed by atoms with Gasteiger partial charge in [0.1, 0.15) is 0 Å². The largest absolute Gasteiger partial charge is 0.394 e. The third kappa shape index (κ3) is 9.73. The van der Waals surface area contributed by atoms with Crippen LogP contribution in [0.15, 0.2) is 0 Å². The van der Waals surface area contributed by atoms with Crippen LogP contribution in [0, 0.1) is 0 Å². The van der Waals surface area contributed by atoms with Crippen LogP contribution in [0.2, 0.25) is 0 Å². The fourth-order valence-corrected chi connectivity index (χ4v) is 2.48. The molecule has 0 unspecified atom stereocenters. The minimum atomic E-state index is -0.473. The Kier molecular flexibility index (Phi) is 13.8. The summed E-state index contributed by atoms with van der Waals surface area (Å²) in [5, 5.41) is 21.9. The summed E-state index contributed by atoms with van der Waals surface area (Å²) in [6.07, 6.45) is 14.1. The van der Waals surface area contributed by atoms with Crippen molar-refractivity contribution in [1.82, 2.24) is 5.32 Å². The van der Waals surface area contributed by atoms with Crippen LogP contribution >= 0.6 is 0 Å². The second kappa shape index (κ2) is 13.8. The second-order valence-electron chi connectivity index (χ2n) is 6.06. The molecule has 0 aromatic rings. The highest BCUT2D eigenvalue weighted by molar-refractivity contribution is 4.85. The van der Waals surface area contributed by atoms with Gasteiger partial charge in [0, 0.05) is 0 Å². The Morgan fingerprint density at radius 1 is 0.700 bits per heavy atom. The van der Waals surface area contributed by atoms with Gasteiger partial charge in [-0.2, -0.15) is 0 Å². The summed E-state index contributed by atoms with van der Waals surface area (Å²) < 4.78 is 0. The van der Waals surface area contributed by atoms with Crippen molar-refractivity contribution in [2.45, 2.75) is 90.0 Å². The number of aliphatic hydroxyl groups excluding tert-OH is 2. The van der Waals surface area contributed by atoms with Crippen molar-refractivity contribution in [2.24, 2.45) is 0 Å². The highest BCUT2D eigenvalue weighted by Crippen LogP contribution is 2.11. The van der Waals surface area contributed by atoms with Gasteiger partial charge in [0.15, 0.2) is 0 Å². The first-order chi connectivity index (χ1) is 9.74. The maximum absolute atomic E-state index is 9.32. The standard InChI is InChI=1S/C17H37NO2/c1-3-5-6-7-8-9-10-11-12-13-14-18-17(4-2,15-19)16-20/h18-20H,3-16H2,1-2H3. The van der Waals surface area contributed by atoms with Crippen molar-refractivity contribution in [2.75, 3.05) is 19.8 Å². The lowest BCUT2D eigenvalue weighted by Gasteiger charge is -2.29. The molecule has 0 saturated heterocycles.